The SMILES string of the molecule is O=C(O)CCCNC(=O)c1ccccc1OCC(=O)N1CCCCCC1. The Balaban J connectivity index is 1.88. The molecule has 1 fully saturated rings. The van der Waals surface area contributed by atoms with Gasteiger partial charge in [-0.25, -0.2) is 0 Å². The molecule has 0 bridgehead atoms. The Morgan fingerprint density at radius 1 is 1.08 bits per heavy atom. The molecule has 0 aromatic heterocycles. The average molecular weight is 362 g/mol. The molecule has 2 N–H and O–H groups in total. The first-order chi connectivity index (χ1) is 12.6. The number of nitrogens with one attached hydrogen (secondary N) is 1. The fraction of sp³-hybridized carbons (Fsp3) is 0.526. The summed E-state index contributed by atoms with van der Waals surface area (Å²) in [6, 6.07) is 6.74. The summed E-state index contributed by atoms with van der Waals surface area (Å²) in [5.41, 5.74) is 0.339. The smallest absolute Gasteiger partial charge is 0.303 e. The van der Waals surface area contributed by atoms with Crippen LogP contribution in [0.15, 0.2) is 24.3 Å². The lowest BCUT2D eigenvalue weighted by Gasteiger charge is -2.20. The summed E-state index contributed by atoms with van der Waals surface area (Å²) in [5, 5.41) is 11.3. The van der Waals surface area contributed by atoms with E-state index in [0.717, 1.165) is 38.8 Å². The van der Waals surface area contributed by atoms with E-state index in [-0.39, 0.29) is 31.4 Å². The molecule has 0 atom stereocenters. The summed E-state index contributed by atoms with van der Waals surface area (Å²) in [6.45, 7) is 1.69. The summed E-state index contributed by atoms with van der Waals surface area (Å²) >= 11 is 0. The quantitative estimate of drug-likeness (QED) is 0.690. The summed E-state index contributed by atoms with van der Waals surface area (Å²) in [5.74, 6) is -0.946. The predicted octanol–water partition coefficient (Wildman–Crippen LogP) is 2.06. The van der Waals surface area contributed by atoms with E-state index < -0.39 is 5.97 Å². The van der Waals surface area contributed by atoms with Gasteiger partial charge in [0.15, 0.2) is 6.61 Å². The van der Waals surface area contributed by atoms with Gasteiger partial charge in [-0.3, -0.25) is 14.4 Å². The summed E-state index contributed by atoms with van der Waals surface area (Å²) < 4.78 is 5.61. The first kappa shape index (κ1) is 19.8. The predicted molar refractivity (Wildman–Crippen MR) is 96.2 cm³/mol. The average Bonchev–Trinajstić information content (AvgIpc) is 2.92. The van der Waals surface area contributed by atoms with Gasteiger partial charge in [0.1, 0.15) is 5.75 Å². The Kier molecular flexibility index (Phi) is 7.92. The van der Waals surface area contributed by atoms with Crippen LogP contribution in [0.3, 0.4) is 0 Å². The number of carbonyl (C=O) groups excluding carboxylic acids is 2. The van der Waals surface area contributed by atoms with Gasteiger partial charge in [-0.05, 0) is 31.4 Å². The van der Waals surface area contributed by atoms with Gasteiger partial charge in [-0.2, -0.15) is 0 Å². The number of nitrogens with zero attached hydrogens (tertiary/aromatic N) is 1. The number of amides is 2. The minimum Gasteiger partial charge on any atom is -0.483 e. The molecule has 2 rings (SSSR count). The zero-order valence-electron chi connectivity index (χ0n) is 14.9. The van der Waals surface area contributed by atoms with Crippen LogP contribution in [0.2, 0.25) is 0 Å². The zero-order chi connectivity index (χ0) is 18.8. The maximum absolute atomic E-state index is 12.3. The van der Waals surface area contributed by atoms with Crippen LogP contribution in [0.5, 0.6) is 5.75 Å². The minimum absolute atomic E-state index is 0.00274. The second-order valence-corrected chi connectivity index (χ2v) is 6.33. The fourth-order valence-electron chi connectivity index (χ4n) is 2.87. The Morgan fingerprint density at radius 2 is 1.77 bits per heavy atom. The van der Waals surface area contributed by atoms with Crippen molar-refractivity contribution in [3.8, 4) is 5.75 Å². The number of hydrogen-bond acceptors (Lipinski definition) is 4. The van der Waals surface area contributed by atoms with Crippen molar-refractivity contribution < 1.29 is 24.2 Å². The van der Waals surface area contributed by atoms with Crippen LogP contribution in [0, 0.1) is 0 Å². The van der Waals surface area contributed by atoms with Crippen molar-refractivity contribution in [2.75, 3.05) is 26.2 Å². The number of rotatable bonds is 8. The number of para-hydroxylation sites is 1. The zero-order valence-corrected chi connectivity index (χ0v) is 14.9. The molecule has 7 heteroatoms. The van der Waals surface area contributed by atoms with Crippen molar-refractivity contribution in [1.29, 1.82) is 0 Å². The van der Waals surface area contributed by atoms with Gasteiger partial charge >= 0.3 is 5.97 Å². The van der Waals surface area contributed by atoms with Crippen LogP contribution < -0.4 is 10.1 Å². The van der Waals surface area contributed by atoms with E-state index in [1.54, 1.807) is 24.3 Å². The second kappa shape index (κ2) is 10.4. The molecule has 1 saturated heterocycles. The number of aliphatic carboxylic acids is 1. The molecule has 1 aliphatic heterocycles. The van der Waals surface area contributed by atoms with E-state index in [1.807, 2.05) is 4.90 Å². The van der Waals surface area contributed by atoms with E-state index in [4.69, 9.17) is 9.84 Å². The molecular formula is C19H26N2O5. The molecule has 1 heterocycles. The maximum Gasteiger partial charge on any atom is 0.303 e. The highest BCUT2D eigenvalue weighted by molar-refractivity contribution is 5.97. The van der Waals surface area contributed by atoms with Crippen LogP contribution in [0.25, 0.3) is 0 Å². The largest absolute Gasteiger partial charge is 0.483 e. The van der Waals surface area contributed by atoms with E-state index in [0.29, 0.717) is 17.7 Å². The van der Waals surface area contributed by atoms with Crippen LogP contribution >= 0.6 is 0 Å². The standard InChI is InChI=1S/C19H26N2O5/c22-17(21-12-5-1-2-6-13-21)14-26-16-9-4-3-8-15(16)19(25)20-11-7-10-18(23)24/h3-4,8-9H,1-2,5-7,10-14H2,(H,20,25)(H,23,24). The van der Waals surface area contributed by atoms with Crippen LogP contribution in [-0.4, -0.2) is 54.0 Å². The summed E-state index contributed by atoms with van der Waals surface area (Å²) in [4.78, 5) is 36.9. The lowest BCUT2D eigenvalue weighted by atomic mass is 10.2. The molecule has 2 amide bonds. The van der Waals surface area contributed by atoms with E-state index in [9.17, 15) is 14.4 Å². The monoisotopic (exact) mass is 362 g/mol. The van der Waals surface area contributed by atoms with Gasteiger partial charge in [0, 0.05) is 26.1 Å². The number of carboxylic acids is 1. The molecule has 0 spiro atoms. The molecule has 0 radical (unpaired) electrons. The second-order valence-electron chi connectivity index (χ2n) is 6.33. The molecule has 1 aromatic rings. The van der Waals surface area contributed by atoms with Crippen molar-refractivity contribution in [3.63, 3.8) is 0 Å². The number of benzene rings is 1. The molecule has 0 aliphatic carbocycles. The highest BCUT2D eigenvalue weighted by Gasteiger charge is 2.18. The highest BCUT2D eigenvalue weighted by Crippen LogP contribution is 2.18. The molecule has 1 aromatic carbocycles. The molecular weight excluding hydrogens is 336 g/mol. The van der Waals surface area contributed by atoms with Crippen molar-refractivity contribution in [3.05, 3.63) is 29.8 Å². The molecule has 1 aliphatic rings. The Hall–Kier alpha value is -2.57. The van der Waals surface area contributed by atoms with Gasteiger partial charge in [0.05, 0.1) is 5.56 Å². The van der Waals surface area contributed by atoms with Crippen molar-refractivity contribution in [1.82, 2.24) is 10.2 Å². The molecule has 0 unspecified atom stereocenters. The topological polar surface area (TPSA) is 95.9 Å². The normalized spacial score (nSPS) is 14.4. The van der Waals surface area contributed by atoms with Gasteiger partial charge in [-0.1, -0.05) is 25.0 Å². The van der Waals surface area contributed by atoms with E-state index >= 15 is 0 Å². The number of carbonyl (C=O) groups is 3. The third-order valence-electron chi connectivity index (χ3n) is 4.29. The fourth-order valence-corrected chi connectivity index (χ4v) is 2.87. The number of hydrogen-bond donors (Lipinski definition) is 2. The third kappa shape index (κ3) is 6.38. The van der Waals surface area contributed by atoms with E-state index in [2.05, 4.69) is 5.32 Å². The summed E-state index contributed by atoms with van der Waals surface area (Å²) in [7, 11) is 0. The third-order valence-corrected chi connectivity index (χ3v) is 4.29. The molecule has 0 saturated carbocycles. The molecule has 26 heavy (non-hydrogen) atoms. The van der Waals surface area contributed by atoms with Gasteiger partial charge in [-0.15, -0.1) is 0 Å². The van der Waals surface area contributed by atoms with Gasteiger partial charge < -0.3 is 20.1 Å². The first-order valence-electron chi connectivity index (χ1n) is 9.07. The molecule has 7 nitrogen and oxygen atoms in total. The summed E-state index contributed by atoms with van der Waals surface area (Å²) in [6.07, 6.45) is 4.69. The van der Waals surface area contributed by atoms with Gasteiger partial charge in [0.2, 0.25) is 0 Å². The van der Waals surface area contributed by atoms with Crippen molar-refractivity contribution >= 4 is 17.8 Å². The van der Waals surface area contributed by atoms with Crippen LogP contribution in [0.4, 0.5) is 0 Å². The van der Waals surface area contributed by atoms with E-state index in [1.165, 1.54) is 0 Å². The first-order valence-corrected chi connectivity index (χ1v) is 9.07. The Bertz CT molecular complexity index is 624. The van der Waals surface area contributed by atoms with Crippen LogP contribution in [0.1, 0.15) is 48.9 Å². The van der Waals surface area contributed by atoms with Crippen molar-refractivity contribution in [2.45, 2.75) is 38.5 Å². The lowest BCUT2D eigenvalue weighted by molar-refractivity contribution is -0.137. The Labute approximate surface area is 153 Å². The minimum atomic E-state index is -0.894. The number of likely N-dealkylation sites (tertiary alicyclic amines) is 1. The highest BCUT2D eigenvalue weighted by atomic mass is 16.5. The van der Waals surface area contributed by atoms with Crippen LogP contribution in [-0.2, 0) is 9.59 Å². The molecule has 142 valence electrons. The van der Waals surface area contributed by atoms with Gasteiger partial charge in [0.25, 0.3) is 11.8 Å². The number of carboxylic acid groups (broad SMARTS) is 1. The maximum atomic E-state index is 12.3. The van der Waals surface area contributed by atoms with Crippen molar-refractivity contribution in [2.24, 2.45) is 0 Å². The lowest BCUT2D eigenvalue weighted by Crippen LogP contribution is -2.35. The number of ether oxygens (including phenoxy) is 1. The Morgan fingerprint density at radius 3 is 2.46 bits per heavy atom.